The molecule has 0 fully saturated rings. The molecule has 0 aliphatic carbocycles. The van der Waals surface area contributed by atoms with Crippen LogP contribution in [0.15, 0.2) is 75.6 Å². The quantitative estimate of drug-likeness (QED) is 0.348. The Morgan fingerprint density at radius 3 is 2.50 bits per heavy atom. The van der Waals surface area contributed by atoms with Crippen molar-refractivity contribution < 1.29 is 13.5 Å². The fourth-order valence-corrected chi connectivity index (χ4v) is 7.07. The van der Waals surface area contributed by atoms with E-state index in [0.717, 1.165) is 27.3 Å². The number of thioether (sulfide) groups is 1. The van der Waals surface area contributed by atoms with E-state index in [-0.39, 0.29) is 4.90 Å². The number of hydrogen-bond acceptors (Lipinski definition) is 6. The van der Waals surface area contributed by atoms with Gasteiger partial charge in [-0.2, -0.15) is 5.26 Å². The van der Waals surface area contributed by atoms with E-state index in [9.17, 15) is 18.8 Å². The van der Waals surface area contributed by atoms with Crippen LogP contribution in [0.4, 0.5) is 5.69 Å². The van der Waals surface area contributed by atoms with Crippen molar-refractivity contribution in [2.24, 2.45) is 4.99 Å². The Kier molecular flexibility index (Phi) is 5.83. The summed E-state index contributed by atoms with van der Waals surface area (Å²) in [6.45, 7) is 5.50. The molecule has 0 radical (unpaired) electrons. The standard InChI is InChI=1S/C28H25N3O3S2/c1-17-5-8-21(9-6-17)36(33,34)31-12-11-22-26(24(35-4)13-18(2)27(22)31)28(3,32)25-15-20-14-19(16-29)7-10-23(20)30-25/h5-14,32H,15H2,1-4H3. The minimum atomic E-state index is -3.85. The smallest absolute Gasteiger partial charge is 0.268 e. The van der Waals surface area contributed by atoms with Crippen molar-refractivity contribution in [2.75, 3.05) is 6.26 Å². The van der Waals surface area contributed by atoms with E-state index >= 15 is 0 Å². The molecule has 4 aromatic rings. The number of nitriles is 1. The van der Waals surface area contributed by atoms with Gasteiger partial charge in [0.2, 0.25) is 0 Å². The van der Waals surface area contributed by atoms with Crippen LogP contribution >= 0.6 is 11.8 Å². The van der Waals surface area contributed by atoms with Crippen molar-refractivity contribution in [3.8, 4) is 6.07 Å². The average Bonchev–Trinajstić information content (AvgIpc) is 3.49. The highest BCUT2D eigenvalue weighted by Crippen LogP contribution is 2.43. The Bertz CT molecular complexity index is 1710. The van der Waals surface area contributed by atoms with Gasteiger partial charge in [-0.3, -0.25) is 4.99 Å². The van der Waals surface area contributed by atoms with Crippen LogP contribution < -0.4 is 0 Å². The van der Waals surface area contributed by atoms with Gasteiger partial charge >= 0.3 is 0 Å². The van der Waals surface area contributed by atoms with E-state index in [1.807, 2.05) is 26.2 Å². The molecule has 6 nitrogen and oxygen atoms in total. The third-order valence-electron chi connectivity index (χ3n) is 6.76. The van der Waals surface area contributed by atoms with E-state index in [1.54, 1.807) is 61.7 Å². The zero-order valence-electron chi connectivity index (χ0n) is 20.4. The summed E-state index contributed by atoms with van der Waals surface area (Å²) in [7, 11) is -3.85. The Balaban J connectivity index is 1.69. The third-order valence-corrected chi connectivity index (χ3v) is 9.21. The molecule has 8 heteroatoms. The molecule has 0 saturated heterocycles. The van der Waals surface area contributed by atoms with Gasteiger partial charge < -0.3 is 5.11 Å². The number of nitrogens with zero attached hydrogens (tertiary/aromatic N) is 3. The first-order chi connectivity index (χ1) is 17.1. The predicted molar refractivity (Wildman–Crippen MR) is 144 cm³/mol. The largest absolute Gasteiger partial charge is 0.379 e. The molecule has 3 aromatic carbocycles. The molecule has 2 heterocycles. The number of benzene rings is 3. The topological polar surface area (TPSA) is 95.4 Å². The Hall–Kier alpha value is -3.38. The van der Waals surface area contributed by atoms with E-state index in [1.165, 1.54) is 15.7 Å². The van der Waals surface area contributed by atoms with Gasteiger partial charge in [0.1, 0.15) is 5.60 Å². The Morgan fingerprint density at radius 2 is 1.83 bits per heavy atom. The minimum absolute atomic E-state index is 0.205. The number of aliphatic imine (C=N–C) groups is 1. The summed E-state index contributed by atoms with van der Waals surface area (Å²) in [4.78, 5) is 5.77. The van der Waals surface area contributed by atoms with Gasteiger partial charge in [-0.05, 0) is 80.6 Å². The lowest BCUT2D eigenvalue weighted by Crippen LogP contribution is -2.33. The van der Waals surface area contributed by atoms with Gasteiger partial charge in [0.05, 0.1) is 33.4 Å². The van der Waals surface area contributed by atoms with Crippen LogP contribution in [0.2, 0.25) is 0 Å². The molecule has 36 heavy (non-hydrogen) atoms. The summed E-state index contributed by atoms with van der Waals surface area (Å²) in [6.07, 6.45) is 3.90. The first-order valence-electron chi connectivity index (χ1n) is 11.4. The SMILES string of the molecule is CSc1cc(C)c2c(ccn2S(=O)(=O)c2ccc(C)cc2)c1C(C)(O)C1=Nc2ccc(C#N)cc2C1. The number of aryl methyl sites for hydroxylation is 2. The lowest BCUT2D eigenvalue weighted by atomic mass is 9.85. The van der Waals surface area contributed by atoms with Crippen molar-refractivity contribution in [2.45, 2.75) is 42.6 Å². The summed E-state index contributed by atoms with van der Waals surface area (Å²) < 4.78 is 28.5. The zero-order valence-corrected chi connectivity index (χ0v) is 22.0. The second-order valence-corrected chi connectivity index (χ2v) is 11.9. The predicted octanol–water partition coefficient (Wildman–Crippen LogP) is 5.63. The number of aliphatic hydroxyl groups is 1. The molecular weight excluding hydrogens is 490 g/mol. The first kappa shape index (κ1) is 24.3. The minimum Gasteiger partial charge on any atom is -0.379 e. The summed E-state index contributed by atoms with van der Waals surface area (Å²) in [5.74, 6) is 0. The second-order valence-electron chi connectivity index (χ2n) is 9.23. The fraction of sp³-hybridized carbons (Fsp3) is 0.214. The third kappa shape index (κ3) is 3.75. The molecule has 1 aromatic heterocycles. The van der Waals surface area contributed by atoms with Crippen molar-refractivity contribution in [1.82, 2.24) is 3.97 Å². The molecule has 0 saturated carbocycles. The highest BCUT2D eigenvalue weighted by Gasteiger charge is 2.38. The normalized spacial score (nSPS) is 14.8. The van der Waals surface area contributed by atoms with Crippen molar-refractivity contribution in [1.29, 1.82) is 5.26 Å². The molecule has 1 unspecified atom stereocenters. The summed E-state index contributed by atoms with van der Waals surface area (Å²) in [5.41, 5.74) is 4.20. The number of aromatic nitrogens is 1. The van der Waals surface area contributed by atoms with Crippen LogP contribution in [0.3, 0.4) is 0 Å². The van der Waals surface area contributed by atoms with Gasteiger partial charge in [-0.1, -0.05) is 17.7 Å². The number of hydrogen-bond donors (Lipinski definition) is 1. The highest BCUT2D eigenvalue weighted by molar-refractivity contribution is 7.98. The van der Waals surface area contributed by atoms with Gasteiger partial charge in [-0.15, -0.1) is 11.8 Å². The van der Waals surface area contributed by atoms with Gasteiger partial charge in [0.15, 0.2) is 0 Å². The fourth-order valence-electron chi connectivity index (χ4n) is 4.86. The molecule has 1 atom stereocenters. The maximum atomic E-state index is 13.6. The highest BCUT2D eigenvalue weighted by atomic mass is 32.2. The van der Waals surface area contributed by atoms with Gasteiger partial charge in [0, 0.05) is 28.5 Å². The molecule has 182 valence electrons. The van der Waals surface area contributed by atoms with E-state index in [2.05, 4.69) is 6.07 Å². The van der Waals surface area contributed by atoms with Crippen LogP contribution in [-0.4, -0.2) is 29.5 Å². The molecular formula is C28H25N3O3S2. The average molecular weight is 516 g/mol. The van der Waals surface area contributed by atoms with E-state index < -0.39 is 15.6 Å². The first-order valence-corrected chi connectivity index (χ1v) is 14.1. The van der Waals surface area contributed by atoms with Crippen LogP contribution in [0.5, 0.6) is 0 Å². The van der Waals surface area contributed by atoms with Gasteiger partial charge in [-0.25, -0.2) is 12.4 Å². The lowest BCUT2D eigenvalue weighted by molar-refractivity contribution is 0.130. The summed E-state index contributed by atoms with van der Waals surface area (Å²) in [6, 6.07) is 17.9. The summed E-state index contributed by atoms with van der Waals surface area (Å²) in [5, 5.41) is 21.9. The zero-order chi connectivity index (χ0) is 25.8. The second kappa shape index (κ2) is 8.63. The monoisotopic (exact) mass is 515 g/mol. The molecule has 1 aliphatic heterocycles. The molecule has 5 rings (SSSR count). The molecule has 1 aliphatic rings. The van der Waals surface area contributed by atoms with Crippen LogP contribution in [-0.2, 0) is 22.0 Å². The summed E-state index contributed by atoms with van der Waals surface area (Å²) >= 11 is 1.50. The number of rotatable bonds is 5. The van der Waals surface area contributed by atoms with Crippen molar-refractivity contribution >= 4 is 44.1 Å². The molecule has 0 spiro atoms. The van der Waals surface area contributed by atoms with E-state index in [0.29, 0.717) is 34.2 Å². The van der Waals surface area contributed by atoms with E-state index in [4.69, 9.17) is 4.99 Å². The van der Waals surface area contributed by atoms with Crippen LogP contribution in [0.1, 0.15) is 34.7 Å². The maximum absolute atomic E-state index is 13.6. The van der Waals surface area contributed by atoms with Crippen LogP contribution in [0, 0.1) is 25.2 Å². The molecule has 0 bridgehead atoms. The maximum Gasteiger partial charge on any atom is 0.268 e. The number of fused-ring (bicyclic) bond motifs is 2. The van der Waals surface area contributed by atoms with Crippen LogP contribution in [0.25, 0.3) is 10.9 Å². The van der Waals surface area contributed by atoms with Gasteiger partial charge in [0.25, 0.3) is 10.0 Å². The lowest BCUT2D eigenvalue weighted by Gasteiger charge is -2.28. The Labute approximate surface area is 215 Å². The Morgan fingerprint density at radius 1 is 1.11 bits per heavy atom. The molecule has 1 N–H and O–H groups in total. The van der Waals surface area contributed by atoms with Crippen molar-refractivity contribution in [3.05, 3.63) is 88.6 Å². The molecule has 0 amide bonds. The van der Waals surface area contributed by atoms with Crippen molar-refractivity contribution in [3.63, 3.8) is 0 Å².